The molecule has 0 bridgehead atoms. The van der Waals surface area contributed by atoms with Crippen LogP contribution in [0.5, 0.6) is 11.5 Å². The summed E-state index contributed by atoms with van der Waals surface area (Å²) < 4.78 is 12.8. The van der Waals surface area contributed by atoms with Gasteiger partial charge in [0.05, 0.1) is 25.1 Å². The van der Waals surface area contributed by atoms with Gasteiger partial charge in [0.2, 0.25) is 5.95 Å². The number of imidazole rings is 1. The third-order valence-electron chi connectivity index (χ3n) is 4.50. The molecule has 0 aliphatic rings. The van der Waals surface area contributed by atoms with E-state index in [9.17, 15) is 5.11 Å². The van der Waals surface area contributed by atoms with Gasteiger partial charge in [-0.1, -0.05) is 11.6 Å². The van der Waals surface area contributed by atoms with E-state index in [4.69, 9.17) is 40.9 Å². The first-order valence-electron chi connectivity index (χ1n) is 10.2. The summed E-state index contributed by atoms with van der Waals surface area (Å²) in [6.07, 6.45) is 1.82. The molecule has 0 atom stereocenters. The van der Waals surface area contributed by atoms with Crippen LogP contribution < -0.4 is 10.1 Å². The summed E-state index contributed by atoms with van der Waals surface area (Å²) >= 11 is 6.03. The zero-order chi connectivity index (χ0) is 25.1. The third kappa shape index (κ3) is 7.68. The van der Waals surface area contributed by atoms with Gasteiger partial charge >= 0.3 is 11.9 Å². The van der Waals surface area contributed by atoms with E-state index in [1.807, 2.05) is 37.4 Å². The monoisotopic (exact) mass is 491 g/mol. The fraction of sp³-hybridized carbons (Fsp3) is 0.261. The van der Waals surface area contributed by atoms with Crippen molar-refractivity contribution < 1.29 is 34.4 Å². The van der Waals surface area contributed by atoms with Crippen molar-refractivity contribution >= 4 is 29.5 Å². The Labute approximate surface area is 201 Å². The molecule has 0 saturated carbocycles. The number of carbonyl (C=O) groups is 2. The van der Waals surface area contributed by atoms with E-state index in [2.05, 4.69) is 14.9 Å². The Hall–Kier alpha value is -3.76. The second kappa shape index (κ2) is 13.1. The number of carboxylic acids is 2. The molecule has 4 N–H and O–H groups in total. The molecule has 0 fully saturated rings. The van der Waals surface area contributed by atoms with Crippen LogP contribution in [0.3, 0.4) is 0 Å². The van der Waals surface area contributed by atoms with Crippen molar-refractivity contribution in [1.82, 2.24) is 9.55 Å². The maximum Gasteiger partial charge on any atom is 0.414 e. The Morgan fingerprint density at radius 2 is 1.79 bits per heavy atom. The highest BCUT2D eigenvalue weighted by Crippen LogP contribution is 2.27. The van der Waals surface area contributed by atoms with E-state index in [1.54, 1.807) is 25.3 Å². The Balaban J connectivity index is 0.000000604. The van der Waals surface area contributed by atoms with Gasteiger partial charge in [0, 0.05) is 36.3 Å². The molecule has 34 heavy (non-hydrogen) atoms. The number of methoxy groups -OCH3 is 1. The quantitative estimate of drug-likeness (QED) is 0.329. The molecule has 0 radical (unpaired) electrons. The minimum atomic E-state index is -1.82. The fourth-order valence-electron chi connectivity index (χ4n) is 2.91. The van der Waals surface area contributed by atoms with Crippen LogP contribution in [0.25, 0.3) is 11.3 Å². The maximum absolute atomic E-state index is 10.0. The largest absolute Gasteiger partial charge is 0.508 e. The number of phenols is 1. The van der Waals surface area contributed by atoms with E-state index in [0.29, 0.717) is 42.8 Å². The van der Waals surface area contributed by atoms with Gasteiger partial charge in [-0.25, -0.2) is 14.6 Å². The van der Waals surface area contributed by atoms with Crippen molar-refractivity contribution in [3.63, 3.8) is 0 Å². The number of carboxylic acid groups (broad SMARTS) is 2. The highest BCUT2D eigenvalue weighted by Gasteiger charge is 2.13. The molecule has 0 saturated heterocycles. The van der Waals surface area contributed by atoms with Crippen molar-refractivity contribution in [3.05, 3.63) is 59.2 Å². The van der Waals surface area contributed by atoms with Gasteiger partial charge in [0.15, 0.2) is 0 Å². The maximum atomic E-state index is 10.0. The van der Waals surface area contributed by atoms with Crippen LogP contribution in [0, 0.1) is 0 Å². The molecule has 0 aliphatic carbocycles. The molecule has 1 heterocycles. The van der Waals surface area contributed by atoms with Crippen LogP contribution in [-0.2, 0) is 27.4 Å². The summed E-state index contributed by atoms with van der Waals surface area (Å²) in [6.45, 7) is 4.19. The third-order valence-corrected chi connectivity index (χ3v) is 4.73. The average Bonchev–Trinajstić information content (AvgIpc) is 3.22. The molecule has 11 heteroatoms. The minimum Gasteiger partial charge on any atom is -0.508 e. The van der Waals surface area contributed by atoms with Crippen LogP contribution >= 0.6 is 11.6 Å². The molecule has 0 aliphatic heterocycles. The van der Waals surface area contributed by atoms with Gasteiger partial charge in [-0.05, 0) is 49.4 Å². The van der Waals surface area contributed by atoms with Crippen molar-refractivity contribution in [3.8, 4) is 22.8 Å². The van der Waals surface area contributed by atoms with Crippen molar-refractivity contribution in [1.29, 1.82) is 0 Å². The molecule has 3 rings (SSSR count). The number of rotatable bonds is 9. The Kier molecular flexibility index (Phi) is 10.2. The van der Waals surface area contributed by atoms with Gasteiger partial charge in [0.1, 0.15) is 11.5 Å². The lowest BCUT2D eigenvalue weighted by Gasteiger charge is -2.14. The summed E-state index contributed by atoms with van der Waals surface area (Å²) in [5.74, 6) is -1.92. The zero-order valence-corrected chi connectivity index (χ0v) is 19.5. The lowest BCUT2D eigenvalue weighted by Crippen LogP contribution is -2.11. The molecule has 0 unspecified atom stereocenters. The van der Waals surface area contributed by atoms with E-state index >= 15 is 0 Å². The van der Waals surface area contributed by atoms with Crippen LogP contribution in [0.15, 0.2) is 48.7 Å². The molecule has 0 amide bonds. The fourth-order valence-corrected chi connectivity index (χ4v) is 3.11. The summed E-state index contributed by atoms with van der Waals surface area (Å²) in [4.78, 5) is 22.7. The van der Waals surface area contributed by atoms with Gasteiger partial charge in [0.25, 0.3) is 0 Å². The number of nitrogens with one attached hydrogen (secondary N) is 1. The Bertz CT molecular complexity index is 1090. The molecule has 2 aromatic carbocycles. The molecule has 10 nitrogen and oxygen atoms in total. The highest BCUT2D eigenvalue weighted by molar-refractivity contribution is 6.30. The van der Waals surface area contributed by atoms with E-state index in [-0.39, 0.29) is 5.75 Å². The number of ether oxygens (including phenoxy) is 2. The molecule has 0 spiro atoms. The first kappa shape index (κ1) is 26.5. The second-order valence-electron chi connectivity index (χ2n) is 6.81. The van der Waals surface area contributed by atoms with Crippen LogP contribution in [0.2, 0.25) is 5.02 Å². The average molecular weight is 492 g/mol. The number of aliphatic carboxylic acids is 2. The highest BCUT2D eigenvalue weighted by atomic mass is 35.5. The number of halogens is 1. The standard InChI is InChI=1S/C21H24ClN3O3.C2H2O4/c1-3-28-18-7-4-15(5-8-18)19-14-24-21(25(19)10-11-27-2)23-13-16-12-17(22)6-9-20(16)26;3-1(4)2(5)6/h4-9,12,14,26H,3,10-11,13H2,1-2H3,(H,23,24);(H,3,4)(H,5,6). The van der Waals surface area contributed by atoms with Crippen LogP contribution in [0.1, 0.15) is 12.5 Å². The number of phenolic OH excluding ortho intramolecular Hbond substituents is 1. The predicted molar refractivity (Wildman–Crippen MR) is 126 cm³/mol. The lowest BCUT2D eigenvalue weighted by molar-refractivity contribution is -0.159. The van der Waals surface area contributed by atoms with E-state index in [0.717, 1.165) is 17.0 Å². The van der Waals surface area contributed by atoms with Gasteiger partial charge in [-0.15, -0.1) is 0 Å². The lowest BCUT2D eigenvalue weighted by atomic mass is 10.1. The summed E-state index contributed by atoms with van der Waals surface area (Å²) in [6, 6.07) is 12.9. The normalized spacial score (nSPS) is 10.2. The number of benzene rings is 2. The number of hydrogen-bond acceptors (Lipinski definition) is 7. The number of nitrogens with zero attached hydrogens (tertiary/aromatic N) is 2. The summed E-state index contributed by atoms with van der Waals surface area (Å²) in [5.41, 5.74) is 2.71. The minimum absolute atomic E-state index is 0.193. The van der Waals surface area contributed by atoms with Crippen molar-refractivity contribution in [2.75, 3.05) is 25.6 Å². The van der Waals surface area contributed by atoms with E-state index in [1.165, 1.54) is 0 Å². The summed E-state index contributed by atoms with van der Waals surface area (Å²) in [7, 11) is 1.67. The molecule has 3 aromatic rings. The second-order valence-corrected chi connectivity index (χ2v) is 7.24. The van der Waals surface area contributed by atoms with Gasteiger partial charge < -0.3 is 34.7 Å². The number of anilines is 1. The van der Waals surface area contributed by atoms with Gasteiger partial charge in [-0.2, -0.15) is 0 Å². The molecule has 182 valence electrons. The van der Waals surface area contributed by atoms with Crippen LogP contribution in [0.4, 0.5) is 5.95 Å². The first-order chi connectivity index (χ1) is 16.3. The number of hydrogen-bond donors (Lipinski definition) is 4. The Morgan fingerprint density at radius 3 is 2.38 bits per heavy atom. The van der Waals surface area contributed by atoms with Crippen molar-refractivity contribution in [2.24, 2.45) is 0 Å². The smallest absolute Gasteiger partial charge is 0.414 e. The Morgan fingerprint density at radius 1 is 1.12 bits per heavy atom. The zero-order valence-electron chi connectivity index (χ0n) is 18.7. The number of aromatic hydroxyl groups is 1. The van der Waals surface area contributed by atoms with Gasteiger partial charge in [-0.3, -0.25) is 0 Å². The van der Waals surface area contributed by atoms with E-state index < -0.39 is 11.9 Å². The van der Waals surface area contributed by atoms with Crippen molar-refractivity contribution in [2.45, 2.75) is 20.0 Å². The first-order valence-corrected chi connectivity index (χ1v) is 10.6. The molecular formula is C23H26ClN3O7. The predicted octanol–water partition coefficient (Wildman–Crippen LogP) is 3.72. The molecule has 1 aromatic heterocycles. The van der Waals surface area contributed by atoms with Crippen LogP contribution in [-0.4, -0.2) is 57.1 Å². The SMILES string of the molecule is CCOc1ccc(-c2cnc(NCc3cc(Cl)ccc3O)n2CCOC)cc1.O=C(O)C(=O)O. The number of aromatic nitrogens is 2. The topological polar surface area (TPSA) is 143 Å². The summed E-state index contributed by atoms with van der Waals surface area (Å²) in [5, 5.41) is 28.7. The molecular weight excluding hydrogens is 466 g/mol.